The third kappa shape index (κ3) is 4.66. The minimum absolute atomic E-state index is 0.256. The molecule has 122 valence electrons. The smallest absolute Gasteiger partial charge is 0.222 e. The molecule has 1 saturated heterocycles. The number of carbonyl (C=O) groups excluding carboxylic acids is 1. The first-order valence-corrected chi connectivity index (χ1v) is 8.21. The number of furan rings is 1. The van der Waals surface area contributed by atoms with Gasteiger partial charge in [0.2, 0.25) is 5.91 Å². The largest absolute Gasteiger partial charge is 0.472 e. The van der Waals surface area contributed by atoms with Gasteiger partial charge in [-0.25, -0.2) is 0 Å². The lowest BCUT2D eigenvalue weighted by atomic mass is 10.1. The summed E-state index contributed by atoms with van der Waals surface area (Å²) in [6, 6.07) is 5.95. The van der Waals surface area contributed by atoms with Crippen LogP contribution in [0, 0.1) is 0 Å². The summed E-state index contributed by atoms with van der Waals surface area (Å²) in [4.78, 5) is 20.8. The van der Waals surface area contributed by atoms with E-state index in [1.165, 1.54) is 11.1 Å². The number of rotatable bonds is 5. The molecular weight excluding hydrogens is 290 g/mol. The van der Waals surface area contributed by atoms with E-state index in [1.807, 2.05) is 23.1 Å². The molecule has 0 radical (unpaired) electrons. The van der Waals surface area contributed by atoms with Gasteiger partial charge in [0.1, 0.15) is 0 Å². The van der Waals surface area contributed by atoms with Gasteiger partial charge in [0.25, 0.3) is 0 Å². The van der Waals surface area contributed by atoms with Gasteiger partial charge < -0.3 is 9.32 Å². The number of amides is 1. The summed E-state index contributed by atoms with van der Waals surface area (Å²) in [5.74, 6) is 0.256. The fourth-order valence-corrected chi connectivity index (χ4v) is 2.98. The zero-order valence-electron chi connectivity index (χ0n) is 13.4. The van der Waals surface area contributed by atoms with Crippen LogP contribution in [-0.4, -0.2) is 46.9 Å². The molecule has 2 aromatic rings. The molecule has 23 heavy (non-hydrogen) atoms. The van der Waals surface area contributed by atoms with E-state index in [1.54, 1.807) is 24.9 Å². The van der Waals surface area contributed by atoms with Gasteiger partial charge in [-0.05, 0) is 36.6 Å². The lowest BCUT2D eigenvalue weighted by Gasteiger charge is -2.21. The molecule has 1 aliphatic heterocycles. The van der Waals surface area contributed by atoms with E-state index in [9.17, 15) is 4.79 Å². The van der Waals surface area contributed by atoms with Crippen LogP contribution in [0.5, 0.6) is 0 Å². The fourth-order valence-electron chi connectivity index (χ4n) is 2.98. The monoisotopic (exact) mass is 313 g/mol. The van der Waals surface area contributed by atoms with Crippen molar-refractivity contribution in [3.8, 4) is 0 Å². The average molecular weight is 313 g/mol. The molecule has 2 aromatic heterocycles. The van der Waals surface area contributed by atoms with E-state index in [0.29, 0.717) is 6.42 Å². The van der Waals surface area contributed by atoms with E-state index in [4.69, 9.17) is 4.42 Å². The maximum Gasteiger partial charge on any atom is 0.222 e. The number of nitrogens with zero attached hydrogens (tertiary/aromatic N) is 3. The van der Waals surface area contributed by atoms with E-state index < -0.39 is 0 Å². The summed E-state index contributed by atoms with van der Waals surface area (Å²) in [6.45, 7) is 4.52. The molecular formula is C18H23N3O2. The molecule has 3 heterocycles. The van der Waals surface area contributed by atoms with Crippen molar-refractivity contribution in [2.45, 2.75) is 25.8 Å². The van der Waals surface area contributed by atoms with Gasteiger partial charge in [-0.2, -0.15) is 0 Å². The highest BCUT2D eigenvalue weighted by atomic mass is 16.3. The molecule has 0 aliphatic carbocycles. The first kappa shape index (κ1) is 15.7. The van der Waals surface area contributed by atoms with E-state index in [2.05, 4.69) is 9.88 Å². The summed E-state index contributed by atoms with van der Waals surface area (Å²) in [6.07, 6.45) is 9.45. The molecule has 5 nitrogen and oxygen atoms in total. The molecule has 0 N–H and O–H groups in total. The summed E-state index contributed by atoms with van der Waals surface area (Å²) >= 11 is 0. The van der Waals surface area contributed by atoms with Gasteiger partial charge in [-0.1, -0.05) is 0 Å². The second-order valence-corrected chi connectivity index (χ2v) is 6.00. The highest BCUT2D eigenvalue weighted by Gasteiger charge is 2.19. The van der Waals surface area contributed by atoms with Gasteiger partial charge in [-0.15, -0.1) is 0 Å². The Kier molecular flexibility index (Phi) is 5.42. The van der Waals surface area contributed by atoms with Crippen molar-refractivity contribution in [1.82, 2.24) is 14.8 Å². The Labute approximate surface area is 136 Å². The van der Waals surface area contributed by atoms with Crippen molar-refractivity contribution in [2.24, 2.45) is 0 Å². The van der Waals surface area contributed by atoms with Crippen LogP contribution in [0.1, 0.15) is 24.0 Å². The molecule has 0 unspecified atom stereocenters. The van der Waals surface area contributed by atoms with Crippen molar-refractivity contribution < 1.29 is 9.21 Å². The zero-order chi connectivity index (χ0) is 15.9. The van der Waals surface area contributed by atoms with E-state index in [-0.39, 0.29) is 5.91 Å². The SMILES string of the molecule is O=C(CCc1ccncc1)N1CCCN(Cc2ccoc2)CC1. The van der Waals surface area contributed by atoms with Crippen LogP contribution in [0.4, 0.5) is 0 Å². The van der Waals surface area contributed by atoms with Crippen molar-refractivity contribution >= 4 is 5.91 Å². The predicted octanol–water partition coefficient (Wildman–Crippen LogP) is 2.34. The van der Waals surface area contributed by atoms with Crippen molar-refractivity contribution in [2.75, 3.05) is 26.2 Å². The average Bonchev–Trinajstić information content (AvgIpc) is 2.98. The lowest BCUT2D eigenvalue weighted by molar-refractivity contribution is -0.131. The Hall–Kier alpha value is -2.14. The third-order valence-electron chi connectivity index (χ3n) is 4.30. The lowest BCUT2D eigenvalue weighted by Crippen LogP contribution is -2.35. The van der Waals surface area contributed by atoms with Gasteiger partial charge >= 0.3 is 0 Å². The Balaban J connectivity index is 1.46. The third-order valence-corrected chi connectivity index (χ3v) is 4.30. The van der Waals surface area contributed by atoms with Crippen LogP contribution >= 0.6 is 0 Å². The molecule has 0 aromatic carbocycles. The highest BCUT2D eigenvalue weighted by Crippen LogP contribution is 2.11. The summed E-state index contributed by atoms with van der Waals surface area (Å²) in [7, 11) is 0. The van der Waals surface area contributed by atoms with Crippen LogP contribution < -0.4 is 0 Å². The van der Waals surface area contributed by atoms with Crippen LogP contribution in [0.2, 0.25) is 0 Å². The molecule has 0 atom stereocenters. The quantitative estimate of drug-likeness (QED) is 0.850. The number of carbonyl (C=O) groups is 1. The minimum atomic E-state index is 0.256. The van der Waals surface area contributed by atoms with Crippen molar-refractivity contribution in [1.29, 1.82) is 0 Å². The van der Waals surface area contributed by atoms with Crippen molar-refractivity contribution in [3.63, 3.8) is 0 Å². The van der Waals surface area contributed by atoms with Gasteiger partial charge in [0.15, 0.2) is 0 Å². The number of aryl methyl sites for hydroxylation is 1. The molecule has 5 heteroatoms. The second kappa shape index (κ2) is 7.92. The number of pyridine rings is 1. The molecule has 1 aliphatic rings. The van der Waals surface area contributed by atoms with Gasteiger partial charge in [0, 0.05) is 57.1 Å². The summed E-state index contributed by atoms with van der Waals surface area (Å²) in [5.41, 5.74) is 2.37. The maximum atomic E-state index is 12.4. The summed E-state index contributed by atoms with van der Waals surface area (Å²) in [5, 5.41) is 0. The van der Waals surface area contributed by atoms with Gasteiger partial charge in [0.05, 0.1) is 12.5 Å². The van der Waals surface area contributed by atoms with E-state index >= 15 is 0 Å². The van der Waals surface area contributed by atoms with Crippen LogP contribution in [0.15, 0.2) is 47.5 Å². The Morgan fingerprint density at radius 2 is 1.96 bits per heavy atom. The molecule has 1 amide bonds. The zero-order valence-corrected chi connectivity index (χ0v) is 13.4. The topological polar surface area (TPSA) is 49.6 Å². The molecule has 0 spiro atoms. The number of hydrogen-bond acceptors (Lipinski definition) is 4. The first-order valence-electron chi connectivity index (χ1n) is 8.21. The predicted molar refractivity (Wildman–Crippen MR) is 87.7 cm³/mol. The van der Waals surface area contributed by atoms with Gasteiger partial charge in [-0.3, -0.25) is 14.7 Å². The Morgan fingerprint density at radius 3 is 2.74 bits per heavy atom. The van der Waals surface area contributed by atoms with Crippen LogP contribution in [0.3, 0.4) is 0 Å². The Bertz CT molecular complexity index is 598. The molecule has 3 rings (SSSR count). The number of hydrogen-bond donors (Lipinski definition) is 0. The fraction of sp³-hybridized carbons (Fsp3) is 0.444. The van der Waals surface area contributed by atoms with E-state index in [0.717, 1.165) is 45.6 Å². The Morgan fingerprint density at radius 1 is 1.09 bits per heavy atom. The summed E-state index contributed by atoms with van der Waals surface area (Å²) < 4.78 is 5.12. The van der Waals surface area contributed by atoms with Crippen LogP contribution in [0.25, 0.3) is 0 Å². The second-order valence-electron chi connectivity index (χ2n) is 6.00. The highest BCUT2D eigenvalue weighted by molar-refractivity contribution is 5.76. The normalized spacial score (nSPS) is 16.3. The molecule has 0 saturated carbocycles. The van der Waals surface area contributed by atoms with Crippen molar-refractivity contribution in [3.05, 3.63) is 54.2 Å². The standard InChI is InChI=1S/C18H23N3O2/c22-18(3-2-16-4-7-19-8-5-16)21-10-1-9-20(11-12-21)14-17-6-13-23-15-17/h4-8,13,15H,1-3,9-12,14H2. The molecule has 0 bridgehead atoms. The first-order chi connectivity index (χ1) is 11.3. The molecule has 1 fully saturated rings. The maximum absolute atomic E-state index is 12.4. The van der Waals surface area contributed by atoms with Crippen LogP contribution in [-0.2, 0) is 17.8 Å². The minimum Gasteiger partial charge on any atom is -0.472 e. The number of aromatic nitrogens is 1.